The molecule has 0 aromatic heterocycles. The first-order valence-corrected chi connectivity index (χ1v) is 4.72. The zero-order valence-corrected chi connectivity index (χ0v) is 8.64. The van der Waals surface area contributed by atoms with Gasteiger partial charge in [0.25, 0.3) is 0 Å². The van der Waals surface area contributed by atoms with E-state index >= 15 is 0 Å². The maximum Gasteiger partial charge on any atom is 0.302 e. The number of hydrogen-bond donors (Lipinski definition) is 1. The summed E-state index contributed by atoms with van der Waals surface area (Å²) in [6.45, 7) is 1.49. The van der Waals surface area contributed by atoms with Gasteiger partial charge in [0.2, 0.25) is 0 Å². The van der Waals surface area contributed by atoms with Crippen molar-refractivity contribution < 1.29 is 14.6 Å². The van der Waals surface area contributed by atoms with Crippen LogP contribution in [0, 0.1) is 0 Å². The van der Waals surface area contributed by atoms with E-state index < -0.39 is 0 Å². The number of aliphatic hydroxyl groups excluding tert-OH is 1. The molecule has 0 bridgehead atoms. The quantitative estimate of drug-likeness (QED) is 0.761. The summed E-state index contributed by atoms with van der Waals surface area (Å²) in [6.07, 6.45) is 1.64. The Labute approximate surface area is 89.0 Å². The molecule has 0 saturated carbocycles. The van der Waals surface area contributed by atoms with Gasteiger partial charge in [-0.3, -0.25) is 4.79 Å². The minimum absolute atomic E-state index is 0.0640. The van der Waals surface area contributed by atoms with Crippen molar-refractivity contribution in [1.82, 2.24) is 0 Å². The van der Waals surface area contributed by atoms with Crippen LogP contribution in [-0.2, 0) is 9.53 Å². The van der Waals surface area contributed by atoms with E-state index in [2.05, 4.69) is 0 Å². The molecule has 0 amide bonds. The second kappa shape index (κ2) is 5.98. The molecule has 0 fully saturated rings. The number of esters is 1. The van der Waals surface area contributed by atoms with Crippen LogP contribution in [0.15, 0.2) is 36.4 Å². The maximum absolute atomic E-state index is 10.7. The highest BCUT2D eigenvalue weighted by Crippen LogP contribution is 2.13. The molecule has 0 aliphatic carbocycles. The predicted octanol–water partition coefficient (Wildman–Crippen LogP) is 1.63. The van der Waals surface area contributed by atoms with Crippen molar-refractivity contribution in [3.05, 3.63) is 42.0 Å². The lowest BCUT2D eigenvalue weighted by Crippen LogP contribution is -2.03. The first kappa shape index (κ1) is 11.5. The molecule has 1 aromatic carbocycles. The number of rotatable bonds is 4. The van der Waals surface area contributed by atoms with Gasteiger partial charge in [-0.15, -0.1) is 0 Å². The lowest BCUT2D eigenvalue weighted by molar-refractivity contribution is -0.139. The molecule has 1 N–H and O–H groups in total. The largest absolute Gasteiger partial charge is 0.461 e. The normalized spacial score (nSPS) is 11.2. The second-order valence-electron chi connectivity index (χ2n) is 3.06. The summed E-state index contributed by atoms with van der Waals surface area (Å²) >= 11 is 0. The van der Waals surface area contributed by atoms with Gasteiger partial charge in [0.15, 0.2) is 0 Å². The van der Waals surface area contributed by atoms with Crippen molar-refractivity contribution >= 4 is 11.5 Å². The van der Waals surface area contributed by atoms with Gasteiger partial charge in [0.1, 0.15) is 6.61 Å². The van der Waals surface area contributed by atoms with Crippen LogP contribution in [0.25, 0.3) is 5.57 Å². The molecule has 0 aliphatic heterocycles. The monoisotopic (exact) mass is 206 g/mol. The standard InChI is InChI=1S/C12H14O3/c1-10(14)15-9-12(7-8-13)11-5-3-2-4-6-11/h2-7,13H,8-9H2,1H3/b12-7+. The van der Waals surface area contributed by atoms with Gasteiger partial charge in [0.05, 0.1) is 6.61 Å². The van der Waals surface area contributed by atoms with Crippen LogP contribution in [0.2, 0.25) is 0 Å². The first-order chi connectivity index (χ1) is 7.24. The van der Waals surface area contributed by atoms with Crippen LogP contribution < -0.4 is 0 Å². The summed E-state index contributed by atoms with van der Waals surface area (Å²) in [5, 5.41) is 8.85. The van der Waals surface area contributed by atoms with E-state index in [4.69, 9.17) is 9.84 Å². The van der Waals surface area contributed by atoms with E-state index in [1.165, 1.54) is 6.92 Å². The van der Waals surface area contributed by atoms with Crippen molar-refractivity contribution in [2.75, 3.05) is 13.2 Å². The first-order valence-electron chi connectivity index (χ1n) is 4.72. The summed E-state index contributed by atoms with van der Waals surface area (Å²) in [6, 6.07) is 9.52. The third kappa shape index (κ3) is 3.95. The van der Waals surface area contributed by atoms with E-state index in [9.17, 15) is 4.79 Å². The number of aliphatic hydroxyl groups is 1. The van der Waals surface area contributed by atoms with Crippen LogP contribution in [0.1, 0.15) is 12.5 Å². The zero-order chi connectivity index (χ0) is 11.1. The van der Waals surface area contributed by atoms with Gasteiger partial charge in [-0.05, 0) is 11.1 Å². The Hall–Kier alpha value is -1.61. The SMILES string of the molecule is CC(=O)OC/C(=C\CO)c1ccccc1. The molecule has 15 heavy (non-hydrogen) atoms. The molecular weight excluding hydrogens is 192 g/mol. The molecule has 3 heteroatoms. The second-order valence-corrected chi connectivity index (χ2v) is 3.06. The van der Waals surface area contributed by atoms with Gasteiger partial charge < -0.3 is 9.84 Å². The van der Waals surface area contributed by atoms with Gasteiger partial charge in [-0.1, -0.05) is 36.4 Å². The summed E-state index contributed by atoms with van der Waals surface area (Å²) in [4.78, 5) is 10.7. The van der Waals surface area contributed by atoms with Crippen LogP contribution >= 0.6 is 0 Å². The van der Waals surface area contributed by atoms with Crippen LogP contribution in [0.5, 0.6) is 0 Å². The van der Waals surface area contributed by atoms with Crippen LogP contribution in [0.3, 0.4) is 0 Å². The van der Waals surface area contributed by atoms with E-state index in [0.717, 1.165) is 11.1 Å². The van der Waals surface area contributed by atoms with E-state index in [1.807, 2.05) is 30.3 Å². The number of carbonyl (C=O) groups is 1. The molecule has 3 nitrogen and oxygen atoms in total. The molecule has 80 valence electrons. The maximum atomic E-state index is 10.7. The van der Waals surface area contributed by atoms with Crippen molar-refractivity contribution in [3.8, 4) is 0 Å². The van der Waals surface area contributed by atoms with Crippen molar-refractivity contribution in [2.45, 2.75) is 6.92 Å². The number of ether oxygens (including phenoxy) is 1. The highest BCUT2D eigenvalue weighted by atomic mass is 16.5. The van der Waals surface area contributed by atoms with Crippen molar-refractivity contribution in [3.63, 3.8) is 0 Å². The Morgan fingerprint density at radius 2 is 2.07 bits per heavy atom. The van der Waals surface area contributed by atoms with Gasteiger partial charge >= 0.3 is 5.97 Å². The molecule has 0 aliphatic rings. The van der Waals surface area contributed by atoms with Gasteiger partial charge in [-0.2, -0.15) is 0 Å². The third-order valence-corrected chi connectivity index (χ3v) is 1.91. The average Bonchev–Trinajstić information content (AvgIpc) is 2.25. The van der Waals surface area contributed by atoms with E-state index in [1.54, 1.807) is 6.08 Å². The summed E-state index contributed by atoms with van der Waals surface area (Å²) < 4.78 is 4.89. The Morgan fingerprint density at radius 3 is 2.60 bits per heavy atom. The van der Waals surface area contributed by atoms with Crippen LogP contribution in [0.4, 0.5) is 0 Å². The van der Waals surface area contributed by atoms with Crippen LogP contribution in [-0.4, -0.2) is 24.3 Å². The number of benzene rings is 1. The average molecular weight is 206 g/mol. The highest BCUT2D eigenvalue weighted by molar-refractivity contribution is 5.71. The Balaban J connectivity index is 2.75. The number of carbonyl (C=O) groups excluding carboxylic acids is 1. The fraction of sp³-hybridized carbons (Fsp3) is 0.250. The fourth-order valence-corrected chi connectivity index (χ4v) is 1.20. The Kier molecular flexibility index (Phi) is 4.57. The van der Waals surface area contributed by atoms with Crippen molar-refractivity contribution in [1.29, 1.82) is 0 Å². The molecule has 1 aromatic rings. The van der Waals surface area contributed by atoms with Crippen molar-refractivity contribution in [2.24, 2.45) is 0 Å². The summed E-state index contributed by atoms with van der Waals surface area (Å²) in [5.41, 5.74) is 1.76. The lowest BCUT2D eigenvalue weighted by atomic mass is 10.1. The smallest absolute Gasteiger partial charge is 0.302 e. The molecule has 1 rings (SSSR count). The molecule has 0 spiro atoms. The molecule has 0 radical (unpaired) electrons. The zero-order valence-electron chi connectivity index (χ0n) is 8.64. The minimum atomic E-state index is -0.324. The molecule has 0 heterocycles. The van der Waals surface area contributed by atoms with E-state index in [-0.39, 0.29) is 19.2 Å². The lowest BCUT2D eigenvalue weighted by Gasteiger charge is -2.07. The van der Waals surface area contributed by atoms with Gasteiger partial charge in [-0.25, -0.2) is 0 Å². The third-order valence-electron chi connectivity index (χ3n) is 1.91. The number of hydrogen-bond acceptors (Lipinski definition) is 3. The predicted molar refractivity (Wildman–Crippen MR) is 58.1 cm³/mol. The minimum Gasteiger partial charge on any atom is -0.461 e. The Bertz CT molecular complexity index is 341. The molecular formula is C12H14O3. The highest BCUT2D eigenvalue weighted by Gasteiger charge is 2.02. The topological polar surface area (TPSA) is 46.5 Å². The summed E-state index contributed by atoms with van der Waals surface area (Å²) in [7, 11) is 0. The fourth-order valence-electron chi connectivity index (χ4n) is 1.20. The molecule has 0 saturated heterocycles. The molecule has 0 unspecified atom stereocenters. The van der Waals surface area contributed by atoms with E-state index in [0.29, 0.717) is 0 Å². The summed E-state index contributed by atoms with van der Waals surface area (Å²) in [5.74, 6) is -0.324. The Morgan fingerprint density at radius 1 is 1.40 bits per heavy atom. The van der Waals surface area contributed by atoms with Gasteiger partial charge in [0, 0.05) is 6.92 Å². The molecule has 0 atom stereocenters.